The minimum Gasteiger partial charge on any atom is -0.491 e. The lowest BCUT2D eigenvalue weighted by Crippen LogP contribution is -2.38. The van der Waals surface area contributed by atoms with Crippen molar-refractivity contribution >= 4 is 17.5 Å². The molecule has 1 amide bonds. The SMILES string of the molecule is CC(C)Oc1ccc(C(=O)NC(CCCl)C(C)C)cc1. The van der Waals surface area contributed by atoms with E-state index in [4.69, 9.17) is 16.3 Å². The van der Waals surface area contributed by atoms with E-state index in [0.29, 0.717) is 17.4 Å². The lowest BCUT2D eigenvalue weighted by molar-refractivity contribution is 0.0925. The summed E-state index contributed by atoms with van der Waals surface area (Å²) < 4.78 is 5.56. The highest BCUT2D eigenvalue weighted by Crippen LogP contribution is 2.15. The number of hydrogen-bond acceptors (Lipinski definition) is 2. The molecule has 0 bridgehead atoms. The van der Waals surface area contributed by atoms with Crippen molar-refractivity contribution in [3.63, 3.8) is 0 Å². The van der Waals surface area contributed by atoms with Crippen LogP contribution < -0.4 is 10.1 Å². The van der Waals surface area contributed by atoms with Crippen molar-refractivity contribution in [1.82, 2.24) is 5.32 Å². The molecule has 0 aliphatic rings. The molecular weight excluding hydrogens is 274 g/mol. The van der Waals surface area contributed by atoms with E-state index < -0.39 is 0 Å². The largest absolute Gasteiger partial charge is 0.491 e. The molecule has 1 unspecified atom stereocenters. The number of rotatable bonds is 7. The average molecular weight is 298 g/mol. The number of halogens is 1. The van der Waals surface area contributed by atoms with Crippen LogP contribution in [0.25, 0.3) is 0 Å². The Morgan fingerprint density at radius 3 is 2.25 bits per heavy atom. The van der Waals surface area contributed by atoms with Gasteiger partial charge in [0.25, 0.3) is 5.91 Å². The quantitative estimate of drug-likeness (QED) is 0.776. The van der Waals surface area contributed by atoms with E-state index in [1.54, 1.807) is 12.1 Å². The second-order valence-electron chi connectivity index (χ2n) is 5.49. The lowest BCUT2D eigenvalue weighted by Gasteiger charge is -2.21. The first-order valence-electron chi connectivity index (χ1n) is 7.07. The number of nitrogens with one attached hydrogen (secondary N) is 1. The fourth-order valence-electron chi connectivity index (χ4n) is 1.90. The molecule has 0 aromatic heterocycles. The molecule has 20 heavy (non-hydrogen) atoms. The van der Waals surface area contributed by atoms with Crippen LogP contribution in [0.3, 0.4) is 0 Å². The molecule has 1 N–H and O–H groups in total. The zero-order valence-corrected chi connectivity index (χ0v) is 13.4. The topological polar surface area (TPSA) is 38.3 Å². The van der Waals surface area contributed by atoms with Crippen LogP contribution in [0, 0.1) is 5.92 Å². The van der Waals surface area contributed by atoms with Gasteiger partial charge in [0.2, 0.25) is 0 Å². The fourth-order valence-corrected chi connectivity index (χ4v) is 2.13. The Morgan fingerprint density at radius 1 is 1.20 bits per heavy atom. The molecule has 4 heteroatoms. The van der Waals surface area contributed by atoms with Gasteiger partial charge in [-0.05, 0) is 50.5 Å². The van der Waals surface area contributed by atoms with E-state index in [1.807, 2.05) is 26.0 Å². The van der Waals surface area contributed by atoms with Crippen LogP contribution in [0.1, 0.15) is 44.5 Å². The Kier molecular flexibility index (Phi) is 6.86. The number of carbonyl (C=O) groups excluding carboxylic acids is 1. The summed E-state index contributed by atoms with van der Waals surface area (Å²) in [5, 5.41) is 3.03. The van der Waals surface area contributed by atoms with E-state index >= 15 is 0 Å². The first-order valence-corrected chi connectivity index (χ1v) is 7.61. The van der Waals surface area contributed by atoms with Crippen LogP contribution in [0.2, 0.25) is 0 Å². The highest BCUT2D eigenvalue weighted by atomic mass is 35.5. The van der Waals surface area contributed by atoms with Crippen molar-refractivity contribution in [3.05, 3.63) is 29.8 Å². The number of ether oxygens (including phenoxy) is 1. The molecule has 3 nitrogen and oxygen atoms in total. The molecule has 0 heterocycles. The third-order valence-corrected chi connectivity index (χ3v) is 3.25. The molecule has 0 saturated carbocycles. The normalized spacial score (nSPS) is 12.6. The van der Waals surface area contributed by atoms with Crippen LogP contribution in [-0.2, 0) is 0 Å². The molecule has 0 spiro atoms. The lowest BCUT2D eigenvalue weighted by atomic mass is 10.0. The Balaban J connectivity index is 2.67. The van der Waals surface area contributed by atoms with Gasteiger partial charge in [-0.1, -0.05) is 13.8 Å². The van der Waals surface area contributed by atoms with E-state index in [2.05, 4.69) is 19.2 Å². The van der Waals surface area contributed by atoms with Crippen LogP contribution in [0.5, 0.6) is 5.75 Å². The molecular formula is C16H24ClNO2. The minimum atomic E-state index is -0.0649. The first kappa shape index (κ1) is 16.8. The first-order chi connectivity index (χ1) is 9.43. The third-order valence-electron chi connectivity index (χ3n) is 3.03. The number of carbonyl (C=O) groups is 1. The molecule has 0 aliphatic carbocycles. The van der Waals surface area contributed by atoms with Gasteiger partial charge in [-0.25, -0.2) is 0 Å². The Hall–Kier alpha value is -1.22. The fraction of sp³-hybridized carbons (Fsp3) is 0.562. The zero-order chi connectivity index (χ0) is 15.1. The third kappa shape index (κ3) is 5.41. The molecule has 0 radical (unpaired) electrons. The monoisotopic (exact) mass is 297 g/mol. The van der Waals surface area contributed by atoms with Gasteiger partial charge in [0, 0.05) is 17.5 Å². The molecule has 1 aromatic rings. The summed E-state index contributed by atoms with van der Waals surface area (Å²) in [5.41, 5.74) is 0.640. The van der Waals surface area contributed by atoms with Gasteiger partial charge >= 0.3 is 0 Å². The Labute approximate surface area is 126 Å². The molecule has 1 atom stereocenters. The van der Waals surface area contributed by atoms with Crippen molar-refractivity contribution in [1.29, 1.82) is 0 Å². The molecule has 112 valence electrons. The predicted octanol–water partition coefficient (Wildman–Crippen LogP) is 3.86. The maximum absolute atomic E-state index is 12.2. The Bertz CT molecular complexity index is 415. The standard InChI is InChI=1S/C16H24ClNO2/c1-11(2)15(9-10-17)18-16(19)13-5-7-14(8-6-13)20-12(3)4/h5-8,11-12,15H,9-10H2,1-4H3,(H,18,19). The smallest absolute Gasteiger partial charge is 0.251 e. The van der Waals surface area contributed by atoms with Crippen LogP contribution in [0.4, 0.5) is 0 Å². The Morgan fingerprint density at radius 2 is 1.80 bits per heavy atom. The number of alkyl halides is 1. The highest BCUT2D eigenvalue weighted by Gasteiger charge is 2.16. The van der Waals surface area contributed by atoms with Crippen molar-refractivity contribution < 1.29 is 9.53 Å². The van der Waals surface area contributed by atoms with E-state index in [9.17, 15) is 4.79 Å². The minimum absolute atomic E-state index is 0.0649. The average Bonchev–Trinajstić information content (AvgIpc) is 2.38. The van der Waals surface area contributed by atoms with Crippen molar-refractivity contribution in [2.24, 2.45) is 5.92 Å². The predicted molar refractivity (Wildman–Crippen MR) is 83.6 cm³/mol. The summed E-state index contributed by atoms with van der Waals surface area (Å²) in [6.07, 6.45) is 0.906. The van der Waals surface area contributed by atoms with Gasteiger partial charge in [0.15, 0.2) is 0 Å². The molecule has 1 aromatic carbocycles. The summed E-state index contributed by atoms with van der Waals surface area (Å²) in [5.74, 6) is 1.62. The summed E-state index contributed by atoms with van der Waals surface area (Å²) >= 11 is 5.77. The summed E-state index contributed by atoms with van der Waals surface area (Å²) in [7, 11) is 0. The number of hydrogen-bond donors (Lipinski definition) is 1. The highest BCUT2D eigenvalue weighted by molar-refractivity contribution is 6.17. The molecule has 1 rings (SSSR count). The van der Waals surface area contributed by atoms with Crippen LogP contribution in [0.15, 0.2) is 24.3 Å². The van der Waals surface area contributed by atoms with Gasteiger partial charge in [0.05, 0.1) is 6.10 Å². The summed E-state index contributed by atoms with van der Waals surface area (Å²) in [4.78, 5) is 12.2. The van der Waals surface area contributed by atoms with E-state index in [0.717, 1.165) is 12.2 Å². The maximum Gasteiger partial charge on any atom is 0.251 e. The van der Waals surface area contributed by atoms with Gasteiger partial charge in [-0.3, -0.25) is 4.79 Å². The number of benzene rings is 1. The van der Waals surface area contributed by atoms with Crippen molar-refractivity contribution in [2.75, 3.05) is 5.88 Å². The van der Waals surface area contributed by atoms with E-state index in [-0.39, 0.29) is 18.1 Å². The molecule has 0 fully saturated rings. The van der Waals surface area contributed by atoms with Crippen molar-refractivity contribution in [3.8, 4) is 5.75 Å². The molecule has 0 saturated heterocycles. The van der Waals surface area contributed by atoms with Gasteiger partial charge in [-0.15, -0.1) is 11.6 Å². The second-order valence-corrected chi connectivity index (χ2v) is 5.87. The zero-order valence-electron chi connectivity index (χ0n) is 12.7. The van der Waals surface area contributed by atoms with E-state index in [1.165, 1.54) is 0 Å². The van der Waals surface area contributed by atoms with Crippen LogP contribution in [-0.4, -0.2) is 23.9 Å². The molecule has 0 aliphatic heterocycles. The van der Waals surface area contributed by atoms with Gasteiger partial charge < -0.3 is 10.1 Å². The number of amides is 1. The van der Waals surface area contributed by atoms with Crippen LogP contribution >= 0.6 is 11.6 Å². The summed E-state index contributed by atoms with van der Waals surface area (Å²) in [6, 6.07) is 7.31. The van der Waals surface area contributed by atoms with Crippen molar-refractivity contribution in [2.45, 2.75) is 46.3 Å². The summed E-state index contributed by atoms with van der Waals surface area (Å²) in [6.45, 7) is 8.11. The van der Waals surface area contributed by atoms with Gasteiger partial charge in [0.1, 0.15) is 5.75 Å². The van der Waals surface area contributed by atoms with Gasteiger partial charge in [-0.2, -0.15) is 0 Å². The maximum atomic E-state index is 12.2. The second kappa shape index (κ2) is 8.15.